The van der Waals surface area contributed by atoms with Crippen LogP contribution in [0, 0.1) is 24.0 Å². The summed E-state index contributed by atoms with van der Waals surface area (Å²) in [6, 6.07) is 5.17. The van der Waals surface area contributed by atoms with Crippen molar-refractivity contribution in [3.05, 3.63) is 41.5 Å². The summed E-state index contributed by atoms with van der Waals surface area (Å²) in [7, 11) is 1.37. The molecule has 12 heteroatoms. The van der Waals surface area contributed by atoms with E-state index >= 15 is 4.39 Å². The second-order valence-corrected chi connectivity index (χ2v) is 12.9. The molecule has 9 nitrogen and oxygen atoms in total. The van der Waals surface area contributed by atoms with Gasteiger partial charge in [-0.05, 0) is 62.7 Å². The van der Waals surface area contributed by atoms with Crippen molar-refractivity contribution in [2.24, 2.45) is 0 Å². The Balaban J connectivity index is 1.44. The first kappa shape index (κ1) is 30.3. The van der Waals surface area contributed by atoms with Crippen LogP contribution in [0.5, 0.6) is 17.6 Å². The van der Waals surface area contributed by atoms with Crippen LogP contribution >= 0.6 is 0 Å². The number of fused-ring (bicyclic) bond motifs is 3. The molecule has 5 heterocycles. The first-order valence-corrected chi connectivity index (χ1v) is 15.4. The number of aliphatic hydroxyl groups is 1. The number of anilines is 1. The molecule has 3 atom stereocenters. The highest BCUT2D eigenvalue weighted by Crippen LogP contribution is 2.44. The molecule has 0 amide bonds. The summed E-state index contributed by atoms with van der Waals surface area (Å²) >= 11 is 0. The number of aromatic hydroxyl groups is 1. The normalized spacial score (nSPS) is 24.8. The third-order valence-electron chi connectivity index (χ3n) is 9.56. The van der Waals surface area contributed by atoms with Crippen molar-refractivity contribution in [1.82, 2.24) is 19.9 Å². The number of benzene rings is 2. The van der Waals surface area contributed by atoms with Gasteiger partial charge >= 0.3 is 6.01 Å². The van der Waals surface area contributed by atoms with E-state index < -0.39 is 28.9 Å². The molecular weight excluding hydrogens is 599 g/mol. The van der Waals surface area contributed by atoms with Crippen LogP contribution in [0.1, 0.15) is 44.6 Å². The van der Waals surface area contributed by atoms with Crippen LogP contribution < -0.4 is 14.4 Å². The van der Waals surface area contributed by atoms with Crippen molar-refractivity contribution in [2.75, 3.05) is 44.8 Å². The molecule has 0 aliphatic carbocycles. The van der Waals surface area contributed by atoms with E-state index in [0.717, 1.165) is 19.4 Å². The second-order valence-electron chi connectivity index (χ2n) is 12.9. The Bertz CT molecular complexity index is 1910. The molecule has 2 aromatic heterocycles. The zero-order valence-corrected chi connectivity index (χ0v) is 25.6. The number of aromatic nitrogens is 3. The van der Waals surface area contributed by atoms with E-state index in [0.29, 0.717) is 37.7 Å². The molecular formula is C34H34F3N5O4. The maximum atomic E-state index is 16.9. The lowest BCUT2D eigenvalue weighted by molar-refractivity contribution is 0.0447. The molecule has 4 aromatic rings. The van der Waals surface area contributed by atoms with E-state index in [1.807, 2.05) is 4.90 Å². The van der Waals surface area contributed by atoms with Crippen molar-refractivity contribution in [3.8, 4) is 41.2 Å². The number of nitrogens with zero attached hydrogens (tertiary/aromatic N) is 5. The summed E-state index contributed by atoms with van der Waals surface area (Å²) in [6.07, 6.45) is 7.95. The summed E-state index contributed by atoms with van der Waals surface area (Å²) in [5, 5.41) is 22.3. The van der Waals surface area contributed by atoms with Gasteiger partial charge in [-0.2, -0.15) is 9.97 Å². The number of hydrogen-bond donors (Lipinski definition) is 2. The second kappa shape index (κ2) is 11.2. The topological polar surface area (TPSA) is 104 Å². The number of terminal acetylenes is 1. The third kappa shape index (κ3) is 5.02. The standard InChI is InChI=1S/C34H34F3N5O4/c1-4-22-24(36)8-7-19-13-21(43)14-23(25(19)22)28-27(37)29-26(31(38-28)45-3)30(41-11-5-9-33(2,44)17-41)40-32(39-29)46-18-34-10-6-12-42(34)16-20(35)15-34/h1,7-8,13-14,20,43-44H,5-6,9-12,15-18H2,2-3H3/t20-,33-,34+/m1/s1. The van der Waals surface area contributed by atoms with Gasteiger partial charge in [-0.3, -0.25) is 4.90 Å². The number of β-amino-alcohol motifs (C(OH)–C–C–N with tert-alkyl or cyclic N) is 1. The minimum absolute atomic E-state index is 0.0232. The van der Waals surface area contributed by atoms with Gasteiger partial charge in [-0.25, -0.2) is 18.2 Å². The van der Waals surface area contributed by atoms with Crippen LogP contribution in [-0.2, 0) is 0 Å². The number of methoxy groups -OCH3 is 1. The third-order valence-corrected chi connectivity index (χ3v) is 9.56. The largest absolute Gasteiger partial charge is 0.508 e. The van der Waals surface area contributed by atoms with E-state index in [2.05, 4.69) is 20.8 Å². The molecule has 46 heavy (non-hydrogen) atoms. The fourth-order valence-electron chi connectivity index (χ4n) is 7.52. The van der Waals surface area contributed by atoms with Gasteiger partial charge in [0.25, 0.3) is 0 Å². The first-order chi connectivity index (χ1) is 22.0. The minimum atomic E-state index is -1.03. The fourth-order valence-corrected chi connectivity index (χ4v) is 7.52. The molecule has 0 unspecified atom stereocenters. The van der Waals surface area contributed by atoms with E-state index in [1.54, 1.807) is 6.92 Å². The van der Waals surface area contributed by atoms with Crippen LogP contribution in [0.15, 0.2) is 24.3 Å². The molecule has 0 spiro atoms. The van der Waals surface area contributed by atoms with Crippen LogP contribution in [0.25, 0.3) is 32.9 Å². The predicted octanol–water partition coefficient (Wildman–Crippen LogP) is 5.13. The minimum Gasteiger partial charge on any atom is -0.508 e. The van der Waals surface area contributed by atoms with Crippen molar-refractivity contribution in [3.63, 3.8) is 0 Å². The summed E-state index contributed by atoms with van der Waals surface area (Å²) in [5.74, 6) is 0.802. The summed E-state index contributed by atoms with van der Waals surface area (Å²) in [4.78, 5) is 17.6. The SMILES string of the molecule is C#Cc1c(F)ccc2cc(O)cc(-c3nc(OC)c4c(N5CCC[C@@](C)(O)C5)nc(OC[C@@]56CCCN5C[C@H](F)C6)nc4c3F)c12. The number of ether oxygens (including phenoxy) is 2. The lowest BCUT2D eigenvalue weighted by atomic mass is 9.94. The lowest BCUT2D eigenvalue weighted by Gasteiger charge is -2.38. The number of rotatable bonds is 6. The lowest BCUT2D eigenvalue weighted by Crippen LogP contribution is -2.46. The number of piperidine rings is 1. The molecule has 0 radical (unpaired) electrons. The molecule has 2 N–H and O–H groups in total. The van der Waals surface area contributed by atoms with Crippen molar-refractivity contribution < 1.29 is 32.9 Å². The zero-order chi connectivity index (χ0) is 32.4. The molecule has 0 saturated carbocycles. The first-order valence-electron chi connectivity index (χ1n) is 15.4. The van der Waals surface area contributed by atoms with Gasteiger partial charge in [0.15, 0.2) is 5.82 Å². The highest BCUT2D eigenvalue weighted by Gasteiger charge is 2.49. The van der Waals surface area contributed by atoms with E-state index in [1.165, 1.54) is 31.4 Å². The van der Waals surface area contributed by atoms with Crippen LogP contribution in [0.2, 0.25) is 0 Å². The Kier molecular flexibility index (Phi) is 7.36. The molecule has 3 aliphatic rings. The van der Waals surface area contributed by atoms with Gasteiger partial charge in [0.05, 0.1) is 23.8 Å². The van der Waals surface area contributed by atoms with Crippen molar-refractivity contribution in [1.29, 1.82) is 0 Å². The average Bonchev–Trinajstić information content (AvgIpc) is 3.55. The molecule has 2 aromatic carbocycles. The van der Waals surface area contributed by atoms with Gasteiger partial charge in [0, 0.05) is 37.0 Å². The summed E-state index contributed by atoms with van der Waals surface area (Å²) in [5.41, 5.74) is -2.05. The number of phenols is 1. The van der Waals surface area contributed by atoms with Crippen molar-refractivity contribution in [2.45, 2.75) is 56.3 Å². The molecule has 7 rings (SSSR count). The van der Waals surface area contributed by atoms with Gasteiger partial charge < -0.3 is 24.6 Å². The molecule has 3 aliphatic heterocycles. The van der Waals surface area contributed by atoms with Gasteiger partial charge in [-0.15, -0.1) is 6.42 Å². The maximum Gasteiger partial charge on any atom is 0.319 e. The number of alkyl halides is 1. The van der Waals surface area contributed by atoms with Crippen LogP contribution in [0.3, 0.4) is 0 Å². The number of halogens is 3. The highest BCUT2D eigenvalue weighted by atomic mass is 19.1. The maximum absolute atomic E-state index is 16.9. The van der Waals surface area contributed by atoms with Gasteiger partial charge in [-0.1, -0.05) is 12.0 Å². The smallest absolute Gasteiger partial charge is 0.319 e. The van der Waals surface area contributed by atoms with Gasteiger partial charge in [0.1, 0.15) is 46.8 Å². The number of phenolic OH excluding ortho intramolecular Hbond substituents is 1. The predicted molar refractivity (Wildman–Crippen MR) is 167 cm³/mol. The Morgan fingerprint density at radius 2 is 1.91 bits per heavy atom. The molecule has 3 fully saturated rings. The van der Waals surface area contributed by atoms with Crippen LogP contribution in [-0.4, -0.2) is 87.3 Å². The fraction of sp³-hybridized carbons (Fsp3) is 0.441. The quantitative estimate of drug-likeness (QED) is 0.280. The van der Waals surface area contributed by atoms with E-state index in [-0.39, 0.29) is 69.7 Å². The van der Waals surface area contributed by atoms with Crippen molar-refractivity contribution >= 4 is 27.5 Å². The molecule has 0 bridgehead atoms. The van der Waals surface area contributed by atoms with E-state index in [9.17, 15) is 19.0 Å². The van der Waals surface area contributed by atoms with Crippen LogP contribution in [0.4, 0.5) is 19.0 Å². The monoisotopic (exact) mass is 633 g/mol. The Morgan fingerprint density at radius 3 is 2.67 bits per heavy atom. The highest BCUT2D eigenvalue weighted by molar-refractivity contribution is 6.04. The summed E-state index contributed by atoms with van der Waals surface area (Å²) < 4.78 is 58.2. The number of hydrogen-bond acceptors (Lipinski definition) is 9. The Hall–Kier alpha value is -4.34. The van der Waals surface area contributed by atoms with E-state index in [4.69, 9.17) is 20.9 Å². The van der Waals surface area contributed by atoms with Gasteiger partial charge in [0.2, 0.25) is 5.88 Å². The average molecular weight is 634 g/mol. The number of pyridine rings is 1. The Morgan fingerprint density at radius 1 is 1.11 bits per heavy atom. The molecule has 3 saturated heterocycles. The molecule has 240 valence electrons. The zero-order valence-electron chi connectivity index (χ0n) is 25.6. The summed E-state index contributed by atoms with van der Waals surface area (Å²) in [6.45, 7) is 3.68. The Labute approximate surface area is 264 Å².